The fourth-order valence-corrected chi connectivity index (χ4v) is 14.7. The summed E-state index contributed by atoms with van der Waals surface area (Å²) in [6, 6.07) is 8.72. The van der Waals surface area contributed by atoms with Crippen molar-refractivity contribution in [1.82, 2.24) is 9.80 Å². The number of rotatable bonds is 46. The highest BCUT2D eigenvalue weighted by molar-refractivity contribution is 14.1. The Balaban J connectivity index is 1.56. The summed E-state index contributed by atoms with van der Waals surface area (Å²) in [6.45, 7) is 10.6. The second-order valence-electron chi connectivity index (χ2n) is 21.7. The highest BCUT2D eigenvalue weighted by atomic mass is 127. The van der Waals surface area contributed by atoms with Crippen molar-refractivity contribution >= 4 is 91.1 Å². The molecular weight excluding hydrogens is 1120 g/mol. The van der Waals surface area contributed by atoms with Crippen LogP contribution in [0.4, 0.5) is 0 Å². The van der Waals surface area contributed by atoms with E-state index in [-0.39, 0.29) is 11.8 Å². The lowest BCUT2D eigenvalue weighted by Gasteiger charge is -2.29. The molecule has 4 rings (SSSR count). The molecule has 2 amide bonds. The van der Waals surface area contributed by atoms with E-state index < -0.39 is 0 Å². The summed E-state index contributed by atoms with van der Waals surface area (Å²) in [4.78, 5) is 37.4. The Morgan fingerprint density at radius 2 is 0.586 bits per heavy atom. The van der Waals surface area contributed by atoms with Crippen molar-refractivity contribution in [3.8, 4) is 0 Å². The predicted octanol–water partition coefficient (Wildman–Crippen LogP) is 21.7. The second kappa shape index (κ2) is 38.8. The first-order chi connectivity index (χ1) is 34.3. The molecule has 8 heteroatoms. The highest BCUT2D eigenvalue weighted by Crippen LogP contribution is 2.50. The third kappa shape index (κ3) is 23.0. The van der Waals surface area contributed by atoms with Gasteiger partial charge >= 0.3 is 0 Å². The fraction of sp³-hybridized carbons (Fsp3) is 0.774. The number of hydrogen-bond acceptors (Lipinski definition) is 4. The predicted molar refractivity (Wildman–Crippen MR) is 326 cm³/mol. The second-order valence-corrected chi connectivity index (χ2v) is 27.6. The van der Waals surface area contributed by atoms with Crippen LogP contribution >= 0.6 is 67.9 Å². The maximum absolute atomic E-state index is 15.5. The van der Waals surface area contributed by atoms with E-state index in [0.717, 1.165) is 46.8 Å². The Morgan fingerprint density at radius 3 is 0.800 bits per heavy atom. The third-order valence-corrected chi connectivity index (χ3v) is 19.3. The van der Waals surface area contributed by atoms with Crippen molar-refractivity contribution in [2.75, 3.05) is 13.1 Å². The molecule has 2 aromatic heterocycles. The SMILES string of the molecule is CCCCCCCCCCCCC(CCCCCCCCCC)CN1C(=O)C2=C(c3ccc(I)s3)N(CC(CCCCCCCCCC)CCCCCCCCCCCC)C(=O)C2=C1c1ccc(I)s1. The molecule has 0 fully saturated rings. The summed E-state index contributed by atoms with van der Waals surface area (Å²) in [6.07, 6.45) is 52.6. The zero-order chi connectivity index (χ0) is 50.0. The molecule has 2 atom stereocenters. The number of amides is 2. The first-order valence-corrected chi connectivity index (χ1v) is 33.8. The molecule has 0 saturated heterocycles. The van der Waals surface area contributed by atoms with Gasteiger partial charge in [-0.1, -0.05) is 259 Å². The van der Waals surface area contributed by atoms with E-state index in [2.05, 4.69) is 107 Å². The van der Waals surface area contributed by atoms with Gasteiger partial charge in [0.15, 0.2) is 0 Å². The van der Waals surface area contributed by atoms with E-state index >= 15 is 9.59 Å². The average molecular weight is 1230 g/mol. The molecule has 0 radical (unpaired) electrons. The molecule has 0 N–H and O–H groups in total. The normalized spacial score (nSPS) is 14.9. The number of nitrogens with zero attached hydrogens (tertiary/aromatic N) is 2. The number of fused-ring (bicyclic) bond motifs is 1. The van der Waals surface area contributed by atoms with Gasteiger partial charge in [0.05, 0.1) is 38.1 Å². The molecule has 2 aromatic rings. The smallest absolute Gasteiger partial charge is 0.261 e. The minimum Gasteiger partial charge on any atom is -0.306 e. The van der Waals surface area contributed by atoms with Crippen LogP contribution in [0, 0.1) is 17.6 Å². The van der Waals surface area contributed by atoms with Crippen molar-refractivity contribution in [1.29, 1.82) is 0 Å². The quantitative estimate of drug-likeness (QED) is 0.0490. The lowest BCUT2D eigenvalue weighted by molar-refractivity contribution is -0.124. The van der Waals surface area contributed by atoms with E-state index in [1.165, 1.54) is 237 Å². The molecule has 398 valence electrons. The maximum atomic E-state index is 15.5. The summed E-state index contributed by atoms with van der Waals surface area (Å²) in [5.74, 6) is 1.00. The van der Waals surface area contributed by atoms with Crippen LogP contribution in [0.1, 0.15) is 294 Å². The van der Waals surface area contributed by atoms with Gasteiger partial charge in [0.2, 0.25) is 0 Å². The first kappa shape index (κ1) is 61.8. The summed E-state index contributed by atoms with van der Waals surface area (Å²) < 4.78 is 2.40. The highest BCUT2D eigenvalue weighted by Gasteiger charge is 2.50. The summed E-state index contributed by atoms with van der Waals surface area (Å²) in [5.41, 5.74) is 3.19. The standard InChI is InChI=1S/C62H102I2N2O2S2/c1-5-9-13-17-21-25-27-31-35-39-43-51(41-37-33-29-23-19-15-11-7-3)49-65-59(53-45-47-55(63)69-53)57-58(61(65)67)60(54-46-48-56(64)70-54)66(62(57)68)50-52(42-38-34-30-24-20-16-12-8-4)44-40-36-32-28-26-22-18-14-10-6-2/h45-48,51-52H,5-44,49-50H2,1-4H3. The van der Waals surface area contributed by atoms with Crippen molar-refractivity contribution in [3.63, 3.8) is 0 Å². The van der Waals surface area contributed by atoms with Gasteiger partial charge in [-0.3, -0.25) is 9.59 Å². The van der Waals surface area contributed by atoms with Gasteiger partial charge in [0.25, 0.3) is 11.8 Å². The van der Waals surface area contributed by atoms with Crippen LogP contribution in [0.2, 0.25) is 0 Å². The van der Waals surface area contributed by atoms with E-state index in [4.69, 9.17) is 0 Å². The van der Waals surface area contributed by atoms with Crippen LogP contribution in [0.5, 0.6) is 0 Å². The zero-order valence-electron chi connectivity index (χ0n) is 45.4. The van der Waals surface area contributed by atoms with Crippen molar-refractivity contribution in [2.45, 2.75) is 285 Å². The van der Waals surface area contributed by atoms with Gasteiger partial charge < -0.3 is 9.80 Å². The molecule has 4 nitrogen and oxygen atoms in total. The van der Waals surface area contributed by atoms with Gasteiger partial charge in [-0.05, 0) is 107 Å². The molecule has 2 unspecified atom stereocenters. The van der Waals surface area contributed by atoms with Gasteiger partial charge in [0, 0.05) is 13.1 Å². The maximum Gasteiger partial charge on any atom is 0.261 e. The van der Waals surface area contributed by atoms with Crippen LogP contribution in [0.3, 0.4) is 0 Å². The third-order valence-electron chi connectivity index (χ3n) is 15.5. The number of halogens is 2. The van der Waals surface area contributed by atoms with Gasteiger partial charge in [0.1, 0.15) is 0 Å². The van der Waals surface area contributed by atoms with Crippen LogP contribution < -0.4 is 0 Å². The van der Waals surface area contributed by atoms with Crippen LogP contribution in [0.25, 0.3) is 11.4 Å². The van der Waals surface area contributed by atoms with Gasteiger partial charge in [-0.2, -0.15) is 0 Å². The van der Waals surface area contributed by atoms with Gasteiger partial charge in [-0.15, -0.1) is 22.7 Å². The molecule has 70 heavy (non-hydrogen) atoms. The fourth-order valence-electron chi connectivity index (χ4n) is 11.3. The number of carbonyl (C=O) groups excluding carboxylic acids is 2. The number of carbonyl (C=O) groups is 2. The van der Waals surface area contributed by atoms with Crippen molar-refractivity contribution in [2.24, 2.45) is 11.8 Å². The largest absolute Gasteiger partial charge is 0.306 e. The minimum atomic E-state index is 0.0704. The Bertz CT molecular complexity index is 1640. The average Bonchev–Trinajstić information content (AvgIpc) is 4.12. The Morgan fingerprint density at radius 1 is 0.357 bits per heavy atom. The van der Waals surface area contributed by atoms with Crippen LogP contribution in [-0.4, -0.2) is 34.7 Å². The van der Waals surface area contributed by atoms with E-state index in [1.54, 1.807) is 22.7 Å². The topological polar surface area (TPSA) is 40.6 Å². The lowest BCUT2D eigenvalue weighted by Crippen LogP contribution is -2.34. The number of unbranched alkanes of at least 4 members (excludes halogenated alkanes) is 32. The Kier molecular flexibility index (Phi) is 34.2. The molecular formula is C62H102I2N2O2S2. The lowest BCUT2D eigenvalue weighted by atomic mass is 9.93. The van der Waals surface area contributed by atoms with E-state index in [0.29, 0.717) is 36.1 Å². The summed E-state index contributed by atoms with van der Waals surface area (Å²) in [7, 11) is 0. The number of thiophene rings is 2. The molecule has 0 spiro atoms. The van der Waals surface area contributed by atoms with E-state index in [9.17, 15) is 0 Å². The van der Waals surface area contributed by atoms with Gasteiger partial charge in [-0.25, -0.2) is 0 Å². The number of hydrogen-bond donors (Lipinski definition) is 0. The summed E-state index contributed by atoms with van der Waals surface area (Å²) in [5, 5.41) is 0. The molecule has 0 aromatic carbocycles. The Labute approximate surface area is 466 Å². The van der Waals surface area contributed by atoms with Crippen molar-refractivity contribution in [3.05, 3.63) is 50.9 Å². The molecule has 0 aliphatic carbocycles. The molecule has 0 bridgehead atoms. The van der Waals surface area contributed by atoms with Crippen LogP contribution in [-0.2, 0) is 9.59 Å². The monoisotopic (exact) mass is 1220 g/mol. The molecule has 2 aliphatic heterocycles. The minimum absolute atomic E-state index is 0.0704. The molecule has 0 saturated carbocycles. The molecule has 4 heterocycles. The zero-order valence-corrected chi connectivity index (χ0v) is 51.4. The Hall–Kier alpha value is -0.720. The molecule has 2 aliphatic rings. The van der Waals surface area contributed by atoms with Crippen molar-refractivity contribution < 1.29 is 9.59 Å². The first-order valence-electron chi connectivity index (χ1n) is 30.0. The van der Waals surface area contributed by atoms with Crippen LogP contribution in [0.15, 0.2) is 35.4 Å². The van der Waals surface area contributed by atoms with E-state index in [1.807, 2.05) is 0 Å². The summed E-state index contributed by atoms with van der Waals surface area (Å²) >= 11 is 8.33.